The standard InChI is InChI=1S/C17H22F2N2O3/c1-16(2)8-13(17(3,4)24-16)21-14(22)9-20-15(23)10-5-6-11(18)12(19)7-10/h5-7,13H,8-9H2,1-4H3,(H,20,23)(H,21,22). The van der Waals surface area contributed by atoms with Crippen molar-refractivity contribution in [3.8, 4) is 0 Å². The summed E-state index contributed by atoms with van der Waals surface area (Å²) in [5, 5.41) is 5.23. The zero-order chi connectivity index (χ0) is 18.1. The van der Waals surface area contributed by atoms with Gasteiger partial charge in [-0.05, 0) is 52.3 Å². The topological polar surface area (TPSA) is 67.4 Å². The summed E-state index contributed by atoms with van der Waals surface area (Å²) >= 11 is 0. The molecule has 5 nitrogen and oxygen atoms in total. The van der Waals surface area contributed by atoms with E-state index >= 15 is 0 Å². The van der Waals surface area contributed by atoms with Gasteiger partial charge in [0.1, 0.15) is 0 Å². The minimum absolute atomic E-state index is 0.0487. The molecule has 2 amide bonds. The fourth-order valence-corrected chi connectivity index (χ4v) is 2.93. The molecule has 1 aliphatic rings. The van der Waals surface area contributed by atoms with E-state index in [0.717, 1.165) is 18.2 Å². The maximum atomic E-state index is 13.1. The third kappa shape index (κ3) is 4.29. The van der Waals surface area contributed by atoms with Crippen LogP contribution in [0.2, 0.25) is 0 Å². The van der Waals surface area contributed by atoms with Crippen LogP contribution in [0, 0.1) is 11.6 Å². The summed E-state index contributed by atoms with van der Waals surface area (Å²) in [6.07, 6.45) is 0.656. The first-order valence-electron chi connectivity index (χ1n) is 7.73. The molecule has 0 aromatic heterocycles. The van der Waals surface area contributed by atoms with Gasteiger partial charge < -0.3 is 15.4 Å². The van der Waals surface area contributed by atoms with Crippen molar-refractivity contribution >= 4 is 11.8 Å². The average molecular weight is 340 g/mol. The Kier molecular flexibility index (Phi) is 4.94. The van der Waals surface area contributed by atoms with E-state index in [1.165, 1.54) is 0 Å². The molecule has 0 radical (unpaired) electrons. The molecule has 0 spiro atoms. The van der Waals surface area contributed by atoms with Crippen molar-refractivity contribution in [2.24, 2.45) is 0 Å². The predicted molar refractivity (Wildman–Crippen MR) is 84.5 cm³/mol. The van der Waals surface area contributed by atoms with Gasteiger partial charge in [-0.3, -0.25) is 9.59 Å². The SMILES string of the molecule is CC1(C)CC(NC(=O)CNC(=O)c2ccc(F)c(F)c2)C(C)(C)O1. The number of benzene rings is 1. The van der Waals surface area contributed by atoms with Crippen molar-refractivity contribution in [3.05, 3.63) is 35.4 Å². The average Bonchev–Trinajstić information content (AvgIpc) is 2.66. The Labute approximate surface area is 139 Å². The van der Waals surface area contributed by atoms with Crippen molar-refractivity contribution in [2.75, 3.05) is 6.54 Å². The highest BCUT2D eigenvalue weighted by Crippen LogP contribution is 2.37. The van der Waals surface area contributed by atoms with E-state index in [1.54, 1.807) is 0 Å². The van der Waals surface area contributed by atoms with Gasteiger partial charge in [-0.25, -0.2) is 8.78 Å². The molecule has 1 heterocycles. The van der Waals surface area contributed by atoms with Gasteiger partial charge in [0.15, 0.2) is 11.6 Å². The second-order valence-corrected chi connectivity index (χ2v) is 7.10. The van der Waals surface area contributed by atoms with Crippen LogP contribution in [0.5, 0.6) is 0 Å². The molecule has 0 bridgehead atoms. The lowest BCUT2D eigenvalue weighted by atomic mass is 9.94. The van der Waals surface area contributed by atoms with Crippen molar-refractivity contribution in [1.82, 2.24) is 10.6 Å². The third-order valence-corrected chi connectivity index (χ3v) is 4.00. The highest BCUT2D eigenvalue weighted by atomic mass is 19.2. The van der Waals surface area contributed by atoms with Crippen molar-refractivity contribution in [1.29, 1.82) is 0 Å². The lowest BCUT2D eigenvalue weighted by molar-refractivity contribution is -0.122. The number of hydrogen-bond donors (Lipinski definition) is 2. The molecule has 1 aliphatic heterocycles. The number of ether oxygens (including phenoxy) is 1. The Morgan fingerprint density at radius 1 is 1.21 bits per heavy atom. The van der Waals surface area contributed by atoms with Gasteiger partial charge in [-0.15, -0.1) is 0 Å². The van der Waals surface area contributed by atoms with E-state index in [1.807, 2.05) is 27.7 Å². The smallest absolute Gasteiger partial charge is 0.251 e. The molecule has 1 saturated heterocycles. The van der Waals surface area contributed by atoms with Crippen LogP contribution < -0.4 is 10.6 Å². The normalized spacial score (nSPS) is 21.3. The van der Waals surface area contributed by atoms with Crippen LogP contribution in [0.25, 0.3) is 0 Å². The number of amides is 2. The molecule has 1 fully saturated rings. The fourth-order valence-electron chi connectivity index (χ4n) is 2.93. The van der Waals surface area contributed by atoms with Gasteiger partial charge in [0.05, 0.1) is 23.8 Å². The molecule has 2 rings (SSSR count). The molecule has 0 saturated carbocycles. The first-order chi connectivity index (χ1) is 11.0. The summed E-state index contributed by atoms with van der Waals surface area (Å²) in [7, 11) is 0. The molecule has 7 heteroatoms. The van der Waals surface area contributed by atoms with E-state index in [0.29, 0.717) is 6.42 Å². The predicted octanol–water partition coefficient (Wildman–Crippen LogP) is 2.16. The molecule has 1 aromatic carbocycles. The molecule has 1 atom stereocenters. The summed E-state index contributed by atoms with van der Waals surface area (Å²) in [6, 6.07) is 2.63. The van der Waals surface area contributed by atoms with E-state index < -0.39 is 23.1 Å². The van der Waals surface area contributed by atoms with Crippen molar-refractivity contribution in [3.63, 3.8) is 0 Å². The Bertz CT molecular complexity index is 659. The van der Waals surface area contributed by atoms with Crippen molar-refractivity contribution < 1.29 is 23.1 Å². The largest absolute Gasteiger partial charge is 0.367 e. The quantitative estimate of drug-likeness (QED) is 0.883. The van der Waals surface area contributed by atoms with Crippen LogP contribution in [0.1, 0.15) is 44.5 Å². The molecule has 24 heavy (non-hydrogen) atoms. The number of hydrogen-bond acceptors (Lipinski definition) is 3. The lowest BCUT2D eigenvalue weighted by Crippen LogP contribution is -2.49. The van der Waals surface area contributed by atoms with Gasteiger partial charge in [-0.2, -0.15) is 0 Å². The minimum Gasteiger partial charge on any atom is -0.367 e. The summed E-state index contributed by atoms with van der Waals surface area (Å²) in [4.78, 5) is 23.9. The highest BCUT2D eigenvalue weighted by molar-refractivity contribution is 5.96. The van der Waals surface area contributed by atoms with Gasteiger partial charge >= 0.3 is 0 Å². The van der Waals surface area contributed by atoms with Crippen LogP contribution in [0.4, 0.5) is 8.78 Å². The zero-order valence-electron chi connectivity index (χ0n) is 14.2. The maximum absolute atomic E-state index is 13.1. The lowest BCUT2D eigenvalue weighted by Gasteiger charge is -2.27. The summed E-state index contributed by atoms with van der Waals surface area (Å²) in [6.45, 7) is 7.43. The monoisotopic (exact) mass is 340 g/mol. The Morgan fingerprint density at radius 3 is 2.42 bits per heavy atom. The molecular weight excluding hydrogens is 318 g/mol. The van der Waals surface area contributed by atoms with Crippen LogP contribution in [0.3, 0.4) is 0 Å². The number of nitrogens with one attached hydrogen (secondary N) is 2. The summed E-state index contributed by atoms with van der Waals surface area (Å²) in [5.74, 6) is -3.16. The number of carbonyl (C=O) groups excluding carboxylic acids is 2. The summed E-state index contributed by atoms with van der Waals surface area (Å²) in [5.41, 5.74) is -0.896. The fraction of sp³-hybridized carbons (Fsp3) is 0.529. The second kappa shape index (κ2) is 6.47. The van der Waals surface area contributed by atoms with Crippen LogP contribution >= 0.6 is 0 Å². The van der Waals surface area contributed by atoms with Crippen LogP contribution in [-0.4, -0.2) is 35.6 Å². The molecule has 1 aromatic rings. The van der Waals surface area contributed by atoms with Crippen LogP contribution in [0.15, 0.2) is 18.2 Å². The van der Waals surface area contributed by atoms with Gasteiger partial charge in [0.25, 0.3) is 5.91 Å². The van der Waals surface area contributed by atoms with Crippen molar-refractivity contribution in [2.45, 2.75) is 51.4 Å². The maximum Gasteiger partial charge on any atom is 0.251 e. The Hall–Kier alpha value is -2.02. The van der Waals surface area contributed by atoms with E-state index in [9.17, 15) is 18.4 Å². The zero-order valence-corrected chi connectivity index (χ0v) is 14.2. The van der Waals surface area contributed by atoms with Gasteiger partial charge in [0.2, 0.25) is 5.91 Å². The van der Waals surface area contributed by atoms with E-state index in [-0.39, 0.29) is 29.7 Å². The molecule has 1 unspecified atom stereocenters. The highest BCUT2D eigenvalue weighted by Gasteiger charge is 2.46. The molecule has 2 N–H and O–H groups in total. The first-order valence-corrected chi connectivity index (χ1v) is 7.73. The molecule has 132 valence electrons. The summed E-state index contributed by atoms with van der Waals surface area (Å²) < 4.78 is 31.9. The van der Waals surface area contributed by atoms with Gasteiger partial charge in [-0.1, -0.05) is 0 Å². The third-order valence-electron chi connectivity index (χ3n) is 4.00. The molecule has 0 aliphatic carbocycles. The van der Waals surface area contributed by atoms with Gasteiger partial charge in [0, 0.05) is 5.56 Å². The first kappa shape index (κ1) is 18.3. The number of carbonyl (C=O) groups is 2. The second-order valence-electron chi connectivity index (χ2n) is 7.10. The van der Waals surface area contributed by atoms with E-state index in [4.69, 9.17) is 4.74 Å². The minimum atomic E-state index is -1.11. The Morgan fingerprint density at radius 2 is 1.88 bits per heavy atom. The van der Waals surface area contributed by atoms with Crippen LogP contribution in [-0.2, 0) is 9.53 Å². The Balaban J connectivity index is 1.89. The van der Waals surface area contributed by atoms with E-state index in [2.05, 4.69) is 10.6 Å². The number of halogens is 2. The molecular formula is C17H22F2N2O3. The number of rotatable bonds is 4.